The van der Waals surface area contributed by atoms with Crippen LogP contribution in [0.2, 0.25) is 0 Å². The summed E-state index contributed by atoms with van der Waals surface area (Å²) in [5.74, 6) is 0.744. The molecule has 31 heavy (non-hydrogen) atoms. The monoisotopic (exact) mass is 460 g/mol. The van der Waals surface area contributed by atoms with Crippen molar-refractivity contribution in [3.63, 3.8) is 0 Å². The topological polar surface area (TPSA) is 64.7 Å². The van der Waals surface area contributed by atoms with Gasteiger partial charge in [0.05, 0.1) is 18.0 Å². The van der Waals surface area contributed by atoms with Gasteiger partial charge in [-0.1, -0.05) is 25.1 Å². The minimum Gasteiger partial charge on any atom is -0.371 e. The Bertz CT molecular complexity index is 1010. The van der Waals surface area contributed by atoms with Gasteiger partial charge in [-0.25, -0.2) is 8.42 Å². The molecule has 1 aliphatic rings. The molecule has 1 heterocycles. The van der Waals surface area contributed by atoms with Crippen LogP contribution in [0, 0.1) is 5.92 Å². The standard InChI is InChI=1S/C23H32N4O2S2/c1-17-7-6-14-27(16-17)21-12-10-19(11-13-21)18(2)24-23(30)25-20-8-5-9-22(15-20)26(3)31(4,28)29/h5,8-13,15,17-18H,6-7,14,16H2,1-4H3,(H2,24,25,30)/t17-,18+/m1/s1. The average molecular weight is 461 g/mol. The van der Waals surface area contributed by atoms with Gasteiger partial charge < -0.3 is 15.5 Å². The molecule has 1 saturated heterocycles. The van der Waals surface area contributed by atoms with Crippen LogP contribution in [0.5, 0.6) is 0 Å². The van der Waals surface area contributed by atoms with E-state index in [-0.39, 0.29) is 6.04 Å². The summed E-state index contributed by atoms with van der Waals surface area (Å²) in [7, 11) is -1.79. The number of piperidine rings is 1. The first-order chi connectivity index (χ1) is 14.6. The van der Waals surface area contributed by atoms with Crippen molar-refractivity contribution in [2.24, 2.45) is 5.92 Å². The molecule has 0 aromatic heterocycles. The average Bonchev–Trinajstić information content (AvgIpc) is 2.72. The molecule has 1 aliphatic heterocycles. The van der Waals surface area contributed by atoms with Crippen molar-refractivity contribution < 1.29 is 8.42 Å². The molecule has 6 nitrogen and oxygen atoms in total. The van der Waals surface area contributed by atoms with Crippen LogP contribution in [-0.4, -0.2) is 39.9 Å². The molecule has 8 heteroatoms. The smallest absolute Gasteiger partial charge is 0.231 e. The van der Waals surface area contributed by atoms with E-state index in [1.54, 1.807) is 18.2 Å². The van der Waals surface area contributed by atoms with Gasteiger partial charge in [0.15, 0.2) is 5.11 Å². The molecule has 2 N–H and O–H groups in total. The Morgan fingerprint density at radius 3 is 2.58 bits per heavy atom. The molecule has 0 amide bonds. The Hall–Kier alpha value is -2.32. The number of rotatable bonds is 6. The number of benzene rings is 2. The Kier molecular flexibility index (Phi) is 7.43. The minimum absolute atomic E-state index is 0.0382. The van der Waals surface area contributed by atoms with Crippen LogP contribution in [-0.2, 0) is 10.0 Å². The molecule has 0 bridgehead atoms. The molecule has 2 atom stereocenters. The highest BCUT2D eigenvalue weighted by Crippen LogP contribution is 2.25. The maximum Gasteiger partial charge on any atom is 0.231 e. The van der Waals surface area contributed by atoms with Crippen LogP contribution in [0.25, 0.3) is 0 Å². The van der Waals surface area contributed by atoms with Gasteiger partial charge in [-0.2, -0.15) is 0 Å². The summed E-state index contributed by atoms with van der Waals surface area (Å²) in [6.07, 6.45) is 3.74. The Balaban J connectivity index is 1.59. The summed E-state index contributed by atoms with van der Waals surface area (Å²) in [6.45, 7) is 6.63. The number of hydrogen-bond donors (Lipinski definition) is 2. The quantitative estimate of drug-likeness (QED) is 0.624. The third kappa shape index (κ3) is 6.33. The summed E-state index contributed by atoms with van der Waals surface area (Å²) >= 11 is 5.47. The lowest BCUT2D eigenvalue weighted by atomic mass is 9.99. The highest BCUT2D eigenvalue weighted by Gasteiger charge is 2.17. The van der Waals surface area contributed by atoms with Crippen molar-refractivity contribution in [3.05, 3.63) is 54.1 Å². The van der Waals surface area contributed by atoms with Crippen LogP contribution in [0.3, 0.4) is 0 Å². The van der Waals surface area contributed by atoms with Gasteiger partial charge in [0, 0.05) is 31.5 Å². The van der Waals surface area contributed by atoms with Gasteiger partial charge >= 0.3 is 0 Å². The highest BCUT2D eigenvalue weighted by atomic mass is 32.2. The zero-order valence-electron chi connectivity index (χ0n) is 18.6. The van der Waals surface area contributed by atoms with Gasteiger partial charge in [0.1, 0.15) is 0 Å². The molecular formula is C23H32N4O2S2. The van der Waals surface area contributed by atoms with Crippen LogP contribution >= 0.6 is 12.2 Å². The molecule has 2 aromatic carbocycles. The second-order valence-electron chi connectivity index (χ2n) is 8.39. The third-order valence-electron chi connectivity index (χ3n) is 5.73. The molecule has 0 saturated carbocycles. The van der Waals surface area contributed by atoms with E-state index in [0.29, 0.717) is 10.8 Å². The summed E-state index contributed by atoms with van der Waals surface area (Å²) in [4.78, 5) is 2.46. The normalized spacial score (nSPS) is 17.7. The van der Waals surface area contributed by atoms with Crippen LogP contribution in [0.4, 0.5) is 17.1 Å². The lowest BCUT2D eigenvalue weighted by molar-refractivity contribution is 0.447. The van der Waals surface area contributed by atoms with E-state index in [1.807, 2.05) is 6.07 Å². The first-order valence-electron chi connectivity index (χ1n) is 10.6. The molecule has 2 aromatic rings. The van der Waals surface area contributed by atoms with E-state index < -0.39 is 10.0 Å². The first kappa shape index (κ1) is 23.3. The zero-order valence-corrected chi connectivity index (χ0v) is 20.3. The predicted octanol–water partition coefficient (Wildman–Crippen LogP) is 4.37. The Morgan fingerprint density at radius 1 is 1.23 bits per heavy atom. The molecule has 0 radical (unpaired) electrons. The van der Waals surface area contributed by atoms with Gasteiger partial charge in [-0.15, -0.1) is 0 Å². The van der Waals surface area contributed by atoms with E-state index in [9.17, 15) is 8.42 Å². The summed E-state index contributed by atoms with van der Waals surface area (Å²) in [6, 6.07) is 15.9. The van der Waals surface area contributed by atoms with Crippen molar-refractivity contribution >= 4 is 44.4 Å². The second kappa shape index (κ2) is 9.87. The fourth-order valence-corrected chi connectivity index (χ4v) is 4.61. The Labute approximate surface area is 191 Å². The second-order valence-corrected chi connectivity index (χ2v) is 10.8. The number of thiocarbonyl (C=S) groups is 1. The number of sulfonamides is 1. The van der Waals surface area contributed by atoms with Crippen molar-refractivity contribution in [3.8, 4) is 0 Å². The predicted molar refractivity (Wildman–Crippen MR) is 135 cm³/mol. The van der Waals surface area contributed by atoms with Gasteiger partial charge in [-0.05, 0) is 73.8 Å². The van der Waals surface area contributed by atoms with Gasteiger partial charge in [0.25, 0.3) is 0 Å². The van der Waals surface area contributed by atoms with Crippen LogP contribution in [0.1, 0.15) is 38.3 Å². The summed E-state index contributed by atoms with van der Waals surface area (Å²) < 4.78 is 24.8. The molecule has 1 fully saturated rings. The number of anilines is 3. The third-order valence-corrected chi connectivity index (χ3v) is 7.15. The fourth-order valence-electron chi connectivity index (χ4n) is 3.82. The van der Waals surface area contributed by atoms with Crippen molar-refractivity contribution in [1.82, 2.24) is 5.32 Å². The summed E-state index contributed by atoms with van der Waals surface area (Å²) in [5, 5.41) is 6.94. The largest absolute Gasteiger partial charge is 0.371 e. The lowest BCUT2D eigenvalue weighted by Crippen LogP contribution is -2.34. The first-order valence-corrected chi connectivity index (χ1v) is 12.9. The maximum absolute atomic E-state index is 11.8. The van der Waals surface area contributed by atoms with Gasteiger partial charge in [0.2, 0.25) is 10.0 Å². The van der Waals surface area contributed by atoms with Crippen molar-refractivity contribution in [1.29, 1.82) is 0 Å². The Morgan fingerprint density at radius 2 is 1.94 bits per heavy atom. The van der Waals surface area contributed by atoms with E-state index >= 15 is 0 Å². The van der Waals surface area contributed by atoms with Crippen molar-refractivity contribution in [2.75, 3.05) is 40.9 Å². The SMILES string of the molecule is C[C@@H]1CCCN(c2ccc([C@H](C)NC(=S)Nc3cccc(N(C)S(C)(=O)=O)c3)cc2)C1. The van der Waals surface area contributed by atoms with Crippen molar-refractivity contribution in [2.45, 2.75) is 32.7 Å². The molecule has 0 spiro atoms. The summed E-state index contributed by atoms with van der Waals surface area (Å²) in [5.41, 5.74) is 3.73. The number of nitrogens with zero attached hydrogens (tertiary/aromatic N) is 2. The van der Waals surface area contributed by atoms with E-state index in [4.69, 9.17) is 12.2 Å². The highest BCUT2D eigenvalue weighted by molar-refractivity contribution is 7.92. The molecule has 168 valence electrons. The molecule has 0 unspecified atom stereocenters. The van der Waals surface area contributed by atoms with Crippen LogP contribution in [0.15, 0.2) is 48.5 Å². The molecule has 0 aliphatic carbocycles. The van der Waals surface area contributed by atoms with E-state index in [0.717, 1.165) is 30.3 Å². The molecule has 3 rings (SSSR count). The number of hydrogen-bond acceptors (Lipinski definition) is 4. The van der Waals surface area contributed by atoms with Gasteiger partial charge in [-0.3, -0.25) is 4.31 Å². The van der Waals surface area contributed by atoms with E-state index in [2.05, 4.69) is 53.6 Å². The molecular weight excluding hydrogens is 428 g/mol. The number of nitrogens with one attached hydrogen (secondary N) is 2. The van der Waals surface area contributed by atoms with E-state index in [1.165, 1.54) is 36.1 Å². The maximum atomic E-state index is 11.8. The zero-order chi connectivity index (χ0) is 22.6. The van der Waals surface area contributed by atoms with Crippen LogP contribution < -0.4 is 19.8 Å². The lowest BCUT2D eigenvalue weighted by Gasteiger charge is -2.33. The fraction of sp³-hybridized carbons (Fsp3) is 0.435. The minimum atomic E-state index is -3.32.